The van der Waals surface area contributed by atoms with Crippen molar-refractivity contribution in [1.29, 1.82) is 0 Å². The molecule has 1 atom stereocenters. The molecule has 4 heteroatoms. The maximum absolute atomic E-state index is 6.08. The van der Waals surface area contributed by atoms with Crippen LogP contribution in [0.15, 0.2) is 42.5 Å². The first-order valence-corrected chi connectivity index (χ1v) is 9.03. The molecule has 4 nitrogen and oxygen atoms in total. The summed E-state index contributed by atoms with van der Waals surface area (Å²) < 4.78 is 17.2. The van der Waals surface area contributed by atoms with Crippen molar-refractivity contribution >= 4 is 0 Å². The first-order chi connectivity index (χ1) is 12.2. The van der Waals surface area contributed by atoms with E-state index in [4.69, 9.17) is 19.9 Å². The molecule has 0 saturated carbocycles. The van der Waals surface area contributed by atoms with E-state index in [-0.39, 0.29) is 5.92 Å². The SMILES string of the molecule is CCOc1cccc(C(CN)Cc2cccc(OCC)c2OCC)c1. The average Bonchev–Trinajstić information content (AvgIpc) is 2.63. The van der Waals surface area contributed by atoms with Crippen molar-refractivity contribution in [1.82, 2.24) is 0 Å². The van der Waals surface area contributed by atoms with Gasteiger partial charge in [-0.1, -0.05) is 24.3 Å². The third-order valence-corrected chi connectivity index (χ3v) is 4.04. The summed E-state index contributed by atoms with van der Waals surface area (Å²) in [5.74, 6) is 2.69. The van der Waals surface area contributed by atoms with Crippen molar-refractivity contribution in [2.45, 2.75) is 33.1 Å². The molecule has 2 rings (SSSR count). The molecule has 0 fully saturated rings. The van der Waals surface area contributed by atoms with Crippen LogP contribution >= 0.6 is 0 Å². The minimum atomic E-state index is 0.191. The second kappa shape index (κ2) is 9.94. The Balaban J connectivity index is 2.29. The molecular formula is C21H29NO3. The summed E-state index contributed by atoms with van der Waals surface area (Å²) in [6.45, 7) is 8.37. The van der Waals surface area contributed by atoms with Gasteiger partial charge in [-0.05, 0) is 63.1 Å². The smallest absolute Gasteiger partial charge is 0.164 e. The van der Waals surface area contributed by atoms with E-state index in [0.29, 0.717) is 26.4 Å². The Bertz CT molecular complexity index is 657. The number of nitrogens with two attached hydrogens (primary N) is 1. The van der Waals surface area contributed by atoms with E-state index in [9.17, 15) is 0 Å². The van der Waals surface area contributed by atoms with Crippen LogP contribution < -0.4 is 19.9 Å². The van der Waals surface area contributed by atoms with Crippen LogP contribution in [0.4, 0.5) is 0 Å². The molecule has 0 aliphatic rings. The molecular weight excluding hydrogens is 314 g/mol. The van der Waals surface area contributed by atoms with E-state index < -0.39 is 0 Å². The van der Waals surface area contributed by atoms with E-state index in [1.807, 2.05) is 45.0 Å². The fourth-order valence-corrected chi connectivity index (χ4v) is 2.93. The third kappa shape index (κ3) is 5.13. The standard InChI is InChI=1S/C21H29NO3/c1-4-23-19-11-7-9-16(14-19)18(15-22)13-17-10-8-12-20(24-5-2)21(17)25-6-3/h7-12,14,18H,4-6,13,15,22H2,1-3H3. The minimum absolute atomic E-state index is 0.191. The van der Waals surface area contributed by atoms with Gasteiger partial charge in [-0.3, -0.25) is 0 Å². The molecule has 2 aromatic carbocycles. The highest BCUT2D eigenvalue weighted by molar-refractivity contribution is 5.47. The number of rotatable bonds is 10. The number of para-hydroxylation sites is 1. The van der Waals surface area contributed by atoms with E-state index >= 15 is 0 Å². The Labute approximate surface area is 150 Å². The van der Waals surface area contributed by atoms with Crippen LogP contribution in [-0.2, 0) is 6.42 Å². The van der Waals surface area contributed by atoms with Crippen molar-refractivity contribution < 1.29 is 14.2 Å². The molecule has 0 saturated heterocycles. The van der Waals surface area contributed by atoms with Crippen LogP contribution in [0.5, 0.6) is 17.2 Å². The van der Waals surface area contributed by atoms with Gasteiger partial charge in [0.15, 0.2) is 11.5 Å². The van der Waals surface area contributed by atoms with E-state index in [0.717, 1.165) is 29.2 Å². The Hall–Kier alpha value is -2.20. The summed E-state index contributed by atoms with van der Waals surface area (Å²) in [5, 5.41) is 0. The first kappa shape index (κ1) is 19.1. The summed E-state index contributed by atoms with van der Waals surface area (Å²) in [6, 6.07) is 14.2. The lowest BCUT2D eigenvalue weighted by Crippen LogP contribution is -2.16. The van der Waals surface area contributed by atoms with Gasteiger partial charge in [0.05, 0.1) is 19.8 Å². The van der Waals surface area contributed by atoms with Crippen molar-refractivity contribution in [2.24, 2.45) is 5.73 Å². The van der Waals surface area contributed by atoms with Crippen LogP contribution in [0.2, 0.25) is 0 Å². The molecule has 25 heavy (non-hydrogen) atoms. The average molecular weight is 343 g/mol. The maximum atomic E-state index is 6.08. The molecule has 0 bridgehead atoms. The number of hydrogen-bond donors (Lipinski definition) is 1. The zero-order chi connectivity index (χ0) is 18.1. The Morgan fingerprint density at radius 3 is 2.28 bits per heavy atom. The highest BCUT2D eigenvalue weighted by Gasteiger charge is 2.17. The largest absolute Gasteiger partial charge is 0.494 e. The van der Waals surface area contributed by atoms with Crippen molar-refractivity contribution in [2.75, 3.05) is 26.4 Å². The number of hydrogen-bond acceptors (Lipinski definition) is 4. The van der Waals surface area contributed by atoms with Crippen molar-refractivity contribution in [3.63, 3.8) is 0 Å². The summed E-state index contributed by atoms with van der Waals surface area (Å²) in [4.78, 5) is 0. The number of benzene rings is 2. The highest BCUT2D eigenvalue weighted by Crippen LogP contribution is 2.35. The zero-order valence-corrected chi connectivity index (χ0v) is 15.5. The second-order valence-electron chi connectivity index (χ2n) is 5.75. The molecule has 0 radical (unpaired) electrons. The number of ether oxygens (including phenoxy) is 3. The van der Waals surface area contributed by atoms with Crippen LogP contribution in [0.25, 0.3) is 0 Å². The Morgan fingerprint density at radius 1 is 0.880 bits per heavy atom. The first-order valence-electron chi connectivity index (χ1n) is 9.03. The van der Waals surface area contributed by atoms with Crippen LogP contribution in [0, 0.1) is 0 Å². The predicted molar refractivity (Wildman–Crippen MR) is 102 cm³/mol. The molecule has 136 valence electrons. The van der Waals surface area contributed by atoms with Gasteiger partial charge in [0.1, 0.15) is 5.75 Å². The van der Waals surface area contributed by atoms with Crippen molar-refractivity contribution in [3.8, 4) is 17.2 Å². The van der Waals surface area contributed by atoms with Gasteiger partial charge in [-0.15, -0.1) is 0 Å². The fraction of sp³-hybridized carbons (Fsp3) is 0.429. The quantitative estimate of drug-likeness (QED) is 0.703. The lowest BCUT2D eigenvalue weighted by atomic mass is 9.91. The highest BCUT2D eigenvalue weighted by atomic mass is 16.5. The lowest BCUT2D eigenvalue weighted by Gasteiger charge is -2.20. The maximum Gasteiger partial charge on any atom is 0.164 e. The van der Waals surface area contributed by atoms with Gasteiger partial charge in [-0.2, -0.15) is 0 Å². The molecule has 0 aliphatic carbocycles. The van der Waals surface area contributed by atoms with Gasteiger partial charge in [0.25, 0.3) is 0 Å². The van der Waals surface area contributed by atoms with Gasteiger partial charge >= 0.3 is 0 Å². The molecule has 0 aliphatic heterocycles. The predicted octanol–water partition coefficient (Wildman–Crippen LogP) is 4.17. The monoisotopic (exact) mass is 343 g/mol. The Kier molecular flexibility index (Phi) is 7.61. The molecule has 0 amide bonds. The zero-order valence-electron chi connectivity index (χ0n) is 15.5. The van der Waals surface area contributed by atoms with Gasteiger partial charge in [0, 0.05) is 5.92 Å². The van der Waals surface area contributed by atoms with E-state index in [1.54, 1.807) is 0 Å². The molecule has 0 aromatic heterocycles. The molecule has 2 N–H and O–H groups in total. The van der Waals surface area contributed by atoms with E-state index in [1.165, 1.54) is 5.56 Å². The van der Waals surface area contributed by atoms with Crippen molar-refractivity contribution in [3.05, 3.63) is 53.6 Å². The van der Waals surface area contributed by atoms with Gasteiger partial charge in [0.2, 0.25) is 0 Å². The summed E-state index contributed by atoms with van der Waals surface area (Å²) >= 11 is 0. The van der Waals surface area contributed by atoms with Crippen LogP contribution in [-0.4, -0.2) is 26.4 Å². The summed E-state index contributed by atoms with van der Waals surface area (Å²) in [5.41, 5.74) is 8.38. The third-order valence-electron chi connectivity index (χ3n) is 4.04. The van der Waals surface area contributed by atoms with Gasteiger partial charge in [-0.25, -0.2) is 0 Å². The van der Waals surface area contributed by atoms with Gasteiger partial charge < -0.3 is 19.9 Å². The normalized spacial score (nSPS) is 11.8. The summed E-state index contributed by atoms with van der Waals surface area (Å²) in [7, 11) is 0. The molecule has 2 aromatic rings. The van der Waals surface area contributed by atoms with Crippen LogP contribution in [0.1, 0.15) is 37.8 Å². The summed E-state index contributed by atoms with van der Waals surface area (Å²) in [6.07, 6.45) is 0.794. The minimum Gasteiger partial charge on any atom is -0.494 e. The second-order valence-corrected chi connectivity index (χ2v) is 5.75. The fourth-order valence-electron chi connectivity index (χ4n) is 2.93. The van der Waals surface area contributed by atoms with E-state index in [2.05, 4.69) is 18.2 Å². The Morgan fingerprint density at radius 2 is 1.60 bits per heavy atom. The molecule has 0 heterocycles. The topological polar surface area (TPSA) is 53.7 Å². The lowest BCUT2D eigenvalue weighted by molar-refractivity contribution is 0.285. The van der Waals surface area contributed by atoms with Crippen LogP contribution in [0.3, 0.4) is 0 Å². The molecule has 1 unspecified atom stereocenters. The molecule has 0 spiro atoms.